The summed E-state index contributed by atoms with van der Waals surface area (Å²) in [6, 6.07) is 10.6. The number of nitrogens with zero attached hydrogens (tertiary/aromatic N) is 1. The van der Waals surface area contributed by atoms with Gasteiger partial charge in [-0.15, -0.1) is 0 Å². The first kappa shape index (κ1) is 23.2. The Labute approximate surface area is 181 Å². The molecule has 29 heavy (non-hydrogen) atoms. The standard InChI is InChI=1S/C22H25Cl2FN2O2/c1-4-14(2)26-22(29)15(3)27(13-16-7-5-8-17(23)11-16)21(28)12-18-19(24)9-6-10-20(18)25/h5-11,14-15H,4,12-13H2,1-3H3,(H,26,29)/t14-,15+/m1/s1. The number of benzene rings is 2. The molecule has 0 aromatic heterocycles. The van der Waals surface area contributed by atoms with Crippen LogP contribution >= 0.6 is 23.2 Å². The number of hydrogen-bond acceptors (Lipinski definition) is 2. The van der Waals surface area contributed by atoms with Crippen LogP contribution in [0.5, 0.6) is 0 Å². The zero-order valence-electron chi connectivity index (χ0n) is 16.7. The Hall–Kier alpha value is -2.11. The molecule has 2 aromatic carbocycles. The molecule has 4 nitrogen and oxygen atoms in total. The molecule has 0 bridgehead atoms. The van der Waals surface area contributed by atoms with Gasteiger partial charge >= 0.3 is 0 Å². The quantitative estimate of drug-likeness (QED) is 0.629. The first-order valence-electron chi connectivity index (χ1n) is 9.50. The molecule has 2 atom stereocenters. The maximum Gasteiger partial charge on any atom is 0.242 e. The minimum absolute atomic E-state index is 0.0194. The fraction of sp³-hybridized carbons (Fsp3) is 0.364. The van der Waals surface area contributed by atoms with E-state index in [0.717, 1.165) is 12.0 Å². The third kappa shape index (κ3) is 6.44. The summed E-state index contributed by atoms with van der Waals surface area (Å²) in [5.41, 5.74) is 0.887. The van der Waals surface area contributed by atoms with Crippen molar-refractivity contribution in [3.05, 3.63) is 69.5 Å². The highest BCUT2D eigenvalue weighted by Gasteiger charge is 2.28. The fourth-order valence-corrected chi connectivity index (χ4v) is 3.28. The van der Waals surface area contributed by atoms with E-state index in [9.17, 15) is 14.0 Å². The van der Waals surface area contributed by atoms with Crippen molar-refractivity contribution in [1.29, 1.82) is 0 Å². The molecule has 2 amide bonds. The summed E-state index contributed by atoms with van der Waals surface area (Å²) in [4.78, 5) is 27.2. The zero-order valence-corrected chi connectivity index (χ0v) is 18.2. The van der Waals surface area contributed by atoms with Crippen LogP contribution in [0.25, 0.3) is 0 Å². The van der Waals surface area contributed by atoms with Crippen LogP contribution in [0.3, 0.4) is 0 Å². The van der Waals surface area contributed by atoms with Crippen LogP contribution in [0.1, 0.15) is 38.3 Å². The molecule has 156 valence electrons. The van der Waals surface area contributed by atoms with Gasteiger partial charge in [-0.25, -0.2) is 4.39 Å². The second-order valence-electron chi connectivity index (χ2n) is 7.02. The lowest BCUT2D eigenvalue weighted by molar-refractivity contribution is -0.140. The second kappa shape index (κ2) is 10.6. The van der Waals surface area contributed by atoms with E-state index in [-0.39, 0.29) is 35.5 Å². The lowest BCUT2D eigenvalue weighted by Gasteiger charge is -2.30. The number of rotatable bonds is 8. The molecule has 0 fully saturated rings. The molecule has 0 saturated heterocycles. The van der Waals surface area contributed by atoms with Crippen molar-refractivity contribution in [2.75, 3.05) is 0 Å². The minimum Gasteiger partial charge on any atom is -0.352 e. The first-order chi connectivity index (χ1) is 13.7. The molecule has 0 saturated carbocycles. The van der Waals surface area contributed by atoms with Gasteiger partial charge in [0.1, 0.15) is 11.9 Å². The molecule has 0 radical (unpaired) electrons. The van der Waals surface area contributed by atoms with Gasteiger partial charge in [-0.2, -0.15) is 0 Å². The van der Waals surface area contributed by atoms with E-state index in [2.05, 4.69) is 5.32 Å². The molecule has 0 spiro atoms. The van der Waals surface area contributed by atoms with Gasteiger partial charge in [-0.1, -0.05) is 48.3 Å². The number of carbonyl (C=O) groups is 2. The van der Waals surface area contributed by atoms with E-state index < -0.39 is 17.8 Å². The van der Waals surface area contributed by atoms with Gasteiger partial charge < -0.3 is 10.2 Å². The van der Waals surface area contributed by atoms with Gasteiger partial charge in [-0.05, 0) is 50.1 Å². The number of halogens is 3. The average molecular weight is 439 g/mol. The third-order valence-corrected chi connectivity index (χ3v) is 5.39. The fourth-order valence-electron chi connectivity index (χ4n) is 2.83. The summed E-state index contributed by atoms with van der Waals surface area (Å²) in [6.07, 6.45) is 0.526. The molecule has 0 unspecified atom stereocenters. The van der Waals surface area contributed by atoms with Gasteiger partial charge in [-0.3, -0.25) is 9.59 Å². The highest BCUT2D eigenvalue weighted by Crippen LogP contribution is 2.22. The van der Waals surface area contributed by atoms with Crippen LogP contribution in [-0.4, -0.2) is 28.8 Å². The lowest BCUT2D eigenvalue weighted by atomic mass is 10.1. The Morgan fingerprint density at radius 1 is 1.14 bits per heavy atom. The number of amides is 2. The van der Waals surface area contributed by atoms with Crippen LogP contribution in [0.2, 0.25) is 10.0 Å². The van der Waals surface area contributed by atoms with Gasteiger partial charge in [0.2, 0.25) is 11.8 Å². The van der Waals surface area contributed by atoms with Crippen molar-refractivity contribution < 1.29 is 14.0 Å². The summed E-state index contributed by atoms with van der Waals surface area (Å²) in [6.45, 7) is 5.68. The lowest BCUT2D eigenvalue weighted by Crippen LogP contribution is -2.50. The Morgan fingerprint density at radius 2 is 1.83 bits per heavy atom. The molecule has 0 aliphatic carbocycles. The molecule has 2 aromatic rings. The summed E-state index contributed by atoms with van der Waals surface area (Å²) in [5, 5.41) is 3.60. The molecule has 0 heterocycles. The number of hydrogen-bond donors (Lipinski definition) is 1. The van der Waals surface area contributed by atoms with E-state index in [1.807, 2.05) is 19.9 Å². The van der Waals surface area contributed by atoms with E-state index in [1.54, 1.807) is 25.1 Å². The number of carbonyl (C=O) groups excluding carboxylic acids is 2. The maximum atomic E-state index is 14.2. The van der Waals surface area contributed by atoms with Crippen LogP contribution in [0.15, 0.2) is 42.5 Å². The van der Waals surface area contributed by atoms with Gasteiger partial charge in [0, 0.05) is 28.2 Å². The van der Waals surface area contributed by atoms with E-state index in [1.165, 1.54) is 23.1 Å². The van der Waals surface area contributed by atoms with Crippen LogP contribution in [-0.2, 0) is 22.6 Å². The first-order valence-corrected chi connectivity index (χ1v) is 10.3. The zero-order chi connectivity index (χ0) is 21.6. The highest BCUT2D eigenvalue weighted by atomic mass is 35.5. The van der Waals surface area contributed by atoms with E-state index >= 15 is 0 Å². The second-order valence-corrected chi connectivity index (χ2v) is 7.87. The molecule has 7 heteroatoms. The predicted molar refractivity (Wildman–Crippen MR) is 114 cm³/mol. The third-order valence-electron chi connectivity index (χ3n) is 4.80. The van der Waals surface area contributed by atoms with Crippen molar-refractivity contribution in [3.63, 3.8) is 0 Å². The monoisotopic (exact) mass is 438 g/mol. The van der Waals surface area contributed by atoms with Gasteiger partial charge in [0.05, 0.1) is 6.42 Å². The summed E-state index contributed by atoms with van der Waals surface area (Å²) >= 11 is 12.1. The van der Waals surface area contributed by atoms with Crippen molar-refractivity contribution in [2.45, 2.75) is 52.2 Å². The Balaban J connectivity index is 2.29. The predicted octanol–water partition coefficient (Wildman–Crippen LogP) is 5.01. The van der Waals surface area contributed by atoms with Crippen molar-refractivity contribution in [2.24, 2.45) is 0 Å². The van der Waals surface area contributed by atoms with Crippen molar-refractivity contribution >= 4 is 35.0 Å². The van der Waals surface area contributed by atoms with E-state index in [4.69, 9.17) is 23.2 Å². The topological polar surface area (TPSA) is 49.4 Å². The summed E-state index contributed by atoms with van der Waals surface area (Å²) in [5.74, 6) is -1.22. The summed E-state index contributed by atoms with van der Waals surface area (Å²) < 4.78 is 14.2. The Morgan fingerprint density at radius 3 is 2.45 bits per heavy atom. The molecule has 2 rings (SSSR count). The highest BCUT2D eigenvalue weighted by molar-refractivity contribution is 6.31. The van der Waals surface area contributed by atoms with Gasteiger partial charge in [0.25, 0.3) is 0 Å². The number of nitrogens with one attached hydrogen (secondary N) is 1. The molecule has 0 aliphatic heterocycles. The van der Waals surface area contributed by atoms with Gasteiger partial charge in [0.15, 0.2) is 0 Å². The minimum atomic E-state index is -0.749. The molecule has 1 N–H and O–H groups in total. The van der Waals surface area contributed by atoms with Crippen molar-refractivity contribution in [3.8, 4) is 0 Å². The SMILES string of the molecule is CC[C@@H](C)NC(=O)[C@H](C)N(Cc1cccc(Cl)c1)C(=O)Cc1c(F)cccc1Cl. The Bertz CT molecular complexity index is 855. The smallest absolute Gasteiger partial charge is 0.242 e. The van der Waals surface area contributed by atoms with Crippen LogP contribution in [0, 0.1) is 5.82 Å². The maximum absolute atomic E-state index is 14.2. The van der Waals surface area contributed by atoms with Crippen LogP contribution < -0.4 is 5.32 Å². The molecule has 0 aliphatic rings. The Kier molecular flexibility index (Phi) is 8.47. The molecular formula is C22H25Cl2FN2O2. The average Bonchev–Trinajstić information content (AvgIpc) is 2.68. The van der Waals surface area contributed by atoms with E-state index in [0.29, 0.717) is 5.02 Å². The van der Waals surface area contributed by atoms with Crippen LogP contribution in [0.4, 0.5) is 4.39 Å². The normalized spacial score (nSPS) is 12.9. The van der Waals surface area contributed by atoms with Crippen molar-refractivity contribution in [1.82, 2.24) is 10.2 Å². The summed E-state index contributed by atoms with van der Waals surface area (Å²) in [7, 11) is 0. The largest absolute Gasteiger partial charge is 0.352 e. The molecular weight excluding hydrogens is 414 g/mol.